The average Bonchev–Trinajstić information content (AvgIpc) is 3.26. The van der Waals surface area contributed by atoms with E-state index in [-0.39, 0.29) is 5.69 Å². The van der Waals surface area contributed by atoms with Gasteiger partial charge >= 0.3 is 5.69 Å². The molecule has 8 nitrogen and oxygen atoms in total. The van der Waals surface area contributed by atoms with Crippen molar-refractivity contribution in [1.29, 1.82) is 0 Å². The van der Waals surface area contributed by atoms with Gasteiger partial charge in [-0.2, -0.15) is 0 Å². The SMILES string of the molecule is C#Cc1cccc(Nc2ncnc3ccc(-n4ccn(CCN(CC)CC(C)CNC)c4=O)cc23)c1. The minimum Gasteiger partial charge on any atom is -0.340 e. The van der Waals surface area contributed by atoms with Crippen molar-refractivity contribution in [2.75, 3.05) is 38.5 Å². The van der Waals surface area contributed by atoms with Gasteiger partial charge in [0, 0.05) is 48.7 Å². The van der Waals surface area contributed by atoms with Crippen LogP contribution in [0.5, 0.6) is 0 Å². The molecule has 0 bridgehead atoms. The third-order valence-electron chi connectivity index (χ3n) is 6.26. The highest BCUT2D eigenvalue weighted by molar-refractivity contribution is 5.92. The Morgan fingerprint density at radius 1 is 1.17 bits per heavy atom. The van der Waals surface area contributed by atoms with E-state index in [1.54, 1.807) is 9.13 Å². The van der Waals surface area contributed by atoms with Crippen molar-refractivity contribution in [3.05, 3.63) is 77.2 Å². The molecule has 36 heavy (non-hydrogen) atoms. The summed E-state index contributed by atoms with van der Waals surface area (Å²) in [7, 11) is 1.98. The predicted molar refractivity (Wildman–Crippen MR) is 146 cm³/mol. The lowest BCUT2D eigenvalue weighted by atomic mass is 10.1. The Kier molecular flexibility index (Phi) is 8.16. The zero-order chi connectivity index (χ0) is 25.5. The number of benzene rings is 2. The number of nitrogens with zero attached hydrogens (tertiary/aromatic N) is 5. The van der Waals surface area contributed by atoms with E-state index in [2.05, 4.69) is 45.3 Å². The van der Waals surface area contributed by atoms with Crippen LogP contribution >= 0.6 is 0 Å². The summed E-state index contributed by atoms with van der Waals surface area (Å²) < 4.78 is 3.43. The molecule has 0 aliphatic heterocycles. The Bertz CT molecular complexity index is 1420. The van der Waals surface area contributed by atoms with Crippen molar-refractivity contribution in [1.82, 2.24) is 29.3 Å². The van der Waals surface area contributed by atoms with Crippen LogP contribution in [0.2, 0.25) is 0 Å². The molecule has 0 spiro atoms. The molecule has 2 N–H and O–H groups in total. The van der Waals surface area contributed by atoms with Crippen LogP contribution in [0.1, 0.15) is 19.4 Å². The third kappa shape index (κ3) is 5.82. The smallest absolute Gasteiger partial charge is 0.332 e. The number of aromatic nitrogens is 4. The zero-order valence-corrected chi connectivity index (χ0v) is 21.1. The second kappa shape index (κ2) is 11.7. The fraction of sp³-hybridized carbons (Fsp3) is 0.321. The van der Waals surface area contributed by atoms with E-state index in [9.17, 15) is 4.79 Å². The molecule has 4 aromatic rings. The van der Waals surface area contributed by atoms with Gasteiger partial charge in [0.15, 0.2) is 0 Å². The fourth-order valence-electron chi connectivity index (χ4n) is 4.38. The molecule has 4 rings (SSSR count). The van der Waals surface area contributed by atoms with Gasteiger partial charge in [-0.25, -0.2) is 14.8 Å². The van der Waals surface area contributed by atoms with Crippen LogP contribution in [-0.2, 0) is 6.54 Å². The average molecular weight is 484 g/mol. The van der Waals surface area contributed by atoms with Gasteiger partial charge in [-0.15, -0.1) is 6.42 Å². The molecule has 0 amide bonds. The molecular weight excluding hydrogens is 450 g/mol. The van der Waals surface area contributed by atoms with Gasteiger partial charge in [0.2, 0.25) is 0 Å². The maximum absolute atomic E-state index is 13.2. The van der Waals surface area contributed by atoms with Gasteiger partial charge in [-0.05, 0) is 62.5 Å². The maximum Gasteiger partial charge on any atom is 0.332 e. The highest BCUT2D eigenvalue weighted by Gasteiger charge is 2.12. The van der Waals surface area contributed by atoms with Crippen LogP contribution in [0, 0.1) is 18.3 Å². The van der Waals surface area contributed by atoms with Gasteiger partial charge in [0.25, 0.3) is 0 Å². The topological polar surface area (TPSA) is 80.0 Å². The van der Waals surface area contributed by atoms with Gasteiger partial charge in [-0.1, -0.05) is 25.8 Å². The van der Waals surface area contributed by atoms with E-state index in [0.717, 1.165) is 54.0 Å². The molecule has 2 aromatic heterocycles. The summed E-state index contributed by atoms with van der Waals surface area (Å²) in [5.74, 6) is 3.85. The minimum atomic E-state index is -0.0678. The molecule has 0 aliphatic rings. The van der Waals surface area contributed by atoms with Crippen molar-refractivity contribution < 1.29 is 0 Å². The number of hydrogen-bond acceptors (Lipinski definition) is 6. The number of anilines is 2. The van der Waals surface area contributed by atoms with E-state index >= 15 is 0 Å². The molecule has 186 valence electrons. The van der Waals surface area contributed by atoms with E-state index in [1.807, 2.05) is 61.9 Å². The van der Waals surface area contributed by atoms with Crippen LogP contribution in [0.4, 0.5) is 11.5 Å². The second-order valence-corrected chi connectivity index (χ2v) is 8.97. The number of likely N-dealkylation sites (N-methyl/N-ethyl adjacent to an activating group) is 1. The summed E-state index contributed by atoms with van der Waals surface area (Å²) in [6.07, 6.45) is 10.7. The summed E-state index contributed by atoms with van der Waals surface area (Å²) in [6.45, 7) is 8.79. The van der Waals surface area contributed by atoms with Crippen LogP contribution in [-0.4, -0.2) is 57.2 Å². The van der Waals surface area contributed by atoms with Crippen molar-refractivity contribution in [3.8, 4) is 18.0 Å². The van der Waals surface area contributed by atoms with E-state index < -0.39 is 0 Å². The molecular formula is C28H33N7O. The largest absolute Gasteiger partial charge is 0.340 e. The van der Waals surface area contributed by atoms with E-state index in [0.29, 0.717) is 18.3 Å². The van der Waals surface area contributed by atoms with Gasteiger partial charge in [-0.3, -0.25) is 9.13 Å². The lowest BCUT2D eigenvalue weighted by Gasteiger charge is -2.24. The third-order valence-corrected chi connectivity index (χ3v) is 6.26. The Labute approximate surface area is 212 Å². The molecule has 0 saturated heterocycles. The Morgan fingerprint density at radius 2 is 2.03 bits per heavy atom. The van der Waals surface area contributed by atoms with E-state index in [4.69, 9.17) is 6.42 Å². The van der Waals surface area contributed by atoms with Gasteiger partial charge in [0.05, 0.1) is 11.2 Å². The molecule has 2 aromatic carbocycles. The number of hydrogen-bond donors (Lipinski definition) is 2. The standard InChI is InChI=1S/C28H33N7O/c1-5-22-8-7-9-23(16-22)32-27-25-17-24(10-11-26(25)30-20-31-27)35-15-14-34(28(35)36)13-12-33(6-2)19-21(3)18-29-4/h1,7-11,14-17,20-21,29H,6,12-13,18-19H2,2-4H3,(H,30,31,32). The lowest BCUT2D eigenvalue weighted by Crippen LogP contribution is -2.36. The molecule has 0 radical (unpaired) electrons. The fourth-order valence-corrected chi connectivity index (χ4v) is 4.38. The van der Waals surface area contributed by atoms with Crippen molar-refractivity contribution >= 4 is 22.4 Å². The molecule has 1 unspecified atom stereocenters. The Balaban J connectivity index is 1.56. The first-order chi connectivity index (χ1) is 17.5. The number of terminal acetylenes is 1. The summed E-state index contributed by atoms with van der Waals surface area (Å²) >= 11 is 0. The Hall–Kier alpha value is -3.93. The first-order valence-electron chi connectivity index (χ1n) is 12.3. The molecule has 8 heteroatoms. The van der Waals surface area contributed by atoms with Crippen molar-refractivity contribution in [3.63, 3.8) is 0 Å². The summed E-state index contributed by atoms with van der Waals surface area (Å²) in [6, 6.07) is 13.3. The minimum absolute atomic E-state index is 0.0678. The Morgan fingerprint density at radius 3 is 2.81 bits per heavy atom. The first kappa shape index (κ1) is 25.2. The normalized spacial score (nSPS) is 12.1. The second-order valence-electron chi connectivity index (χ2n) is 8.97. The number of imidazole rings is 1. The highest BCUT2D eigenvalue weighted by Crippen LogP contribution is 2.25. The first-order valence-corrected chi connectivity index (χ1v) is 12.3. The lowest BCUT2D eigenvalue weighted by molar-refractivity contribution is 0.237. The van der Waals surface area contributed by atoms with Crippen LogP contribution < -0.4 is 16.3 Å². The maximum atomic E-state index is 13.2. The van der Waals surface area contributed by atoms with E-state index in [1.165, 1.54) is 6.33 Å². The predicted octanol–water partition coefficient (Wildman–Crippen LogP) is 3.48. The molecule has 1 atom stereocenters. The summed E-state index contributed by atoms with van der Waals surface area (Å²) in [4.78, 5) is 24.4. The monoisotopic (exact) mass is 483 g/mol. The number of fused-ring (bicyclic) bond motifs is 1. The van der Waals surface area contributed by atoms with Crippen LogP contribution in [0.15, 0.2) is 66.0 Å². The molecule has 2 heterocycles. The van der Waals surface area contributed by atoms with Gasteiger partial charge in [0.1, 0.15) is 12.1 Å². The quantitative estimate of drug-likeness (QED) is 0.318. The zero-order valence-electron chi connectivity index (χ0n) is 21.1. The van der Waals surface area contributed by atoms with Crippen molar-refractivity contribution in [2.45, 2.75) is 20.4 Å². The number of rotatable bonds is 11. The van der Waals surface area contributed by atoms with Crippen LogP contribution in [0.3, 0.4) is 0 Å². The molecule has 0 aliphatic carbocycles. The molecule has 0 fully saturated rings. The molecule has 0 saturated carbocycles. The van der Waals surface area contributed by atoms with Crippen LogP contribution in [0.25, 0.3) is 16.6 Å². The summed E-state index contributed by atoms with van der Waals surface area (Å²) in [5.41, 5.74) is 3.10. The van der Waals surface area contributed by atoms with Gasteiger partial charge < -0.3 is 15.5 Å². The van der Waals surface area contributed by atoms with Crippen molar-refractivity contribution in [2.24, 2.45) is 5.92 Å². The highest BCUT2D eigenvalue weighted by atomic mass is 16.1. The summed E-state index contributed by atoms with van der Waals surface area (Å²) in [5, 5.41) is 7.38. The number of nitrogens with one attached hydrogen (secondary N) is 2.